The summed E-state index contributed by atoms with van der Waals surface area (Å²) >= 11 is 0. The Morgan fingerprint density at radius 1 is 0.806 bits per heavy atom. The van der Waals surface area contributed by atoms with Crippen LogP contribution in [0.1, 0.15) is 17.7 Å². The van der Waals surface area contributed by atoms with E-state index < -0.39 is 0 Å². The maximum absolute atomic E-state index is 13.2. The standard InChI is InChI=1S/C30H24N4O2/c35-27-18-28(36)34(26-17-13-21-8-4-5-9-24(21)30(26)33-27)23-14-11-22(12-15-23)29-25(31-19-32-29)16-10-20-6-2-1-3-7-20/h1-9,11-15,17,19H,10,16,18H2,(H,31,32)(H,33,35). The third-order valence-electron chi connectivity index (χ3n) is 6.60. The number of carbonyl (C=O) groups excluding carboxylic acids is 2. The van der Waals surface area contributed by atoms with Gasteiger partial charge in [0.1, 0.15) is 6.42 Å². The van der Waals surface area contributed by atoms with Crippen LogP contribution < -0.4 is 10.2 Å². The van der Waals surface area contributed by atoms with Gasteiger partial charge in [-0.2, -0.15) is 0 Å². The summed E-state index contributed by atoms with van der Waals surface area (Å²) < 4.78 is 0. The molecule has 0 fully saturated rings. The zero-order valence-electron chi connectivity index (χ0n) is 19.6. The first-order valence-corrected chi connectivity index (χ1v) is 12.0. The van der Waals surface area contributed by atoms with E-state index in [9.17, 15) is 9.59 Å². The normalized spacial score (nSPS) is 13.4. The van der Waals surface area contributed by atoms with Gasteiger partial charge in [0.2, 0.25) is 11.8 Å². The average molecular weight is 473 g/mol. The smallest absolute Gasteiger partial charge is 0.241 e. The number of anilines is 3. The third-order valence-corrected chi connectivity index (χ3v) is 6.60. The van der Waals surface area contributed by atoms with Crippen LogP contribution in [-0.4, -0.2) is 21.8 Å². The molecular formula is C30H24N4O2. The number of hydrogen-bond donors (Lipinski definition) is 2. The van der Waals surface area contributed by atoms with E-state index in [1.807, 2.05) is 66.7 Å². The number of H-pyrrole nitrogens is 1. The minimum atomic E-state index is -0.309. The summed E-state index contributed by atoms with van der Waals surface area (Å²) in [6.45, 7) is 0. The zero-order chi connectivity index (χ0) is 24.5. The summed E-state index contributed by atoms with van der Waals surface area (Å²) in [5, 5.41) is 4.85. The Hall–Kier alpha value is -4.71. The molecule has 0 unspecified atom stereocenters. The minimum Gasteiger partial charge on any atom is -0.348 e. The second kappa shape index (κ2) is 9.15. The molecule has 36 heavy (non-hydrogen) atoms. The molecular weight excluding hydrogens is 448 g/mol. The maximum atomic E-state index is 13.2. The van der Waals surface area contributed by atoms with Gasteiger partial charge in [-0.15, -0.1) is 0 Å². The Labute approximate surface area is 208 Å². The molecule has 0 saturated carbocycles. The topological polar surface area (TPSA) is 78.1 Å². The maximum Gasteiger partial charge on any atom is 0.241 e. The highest BCUT2D eigenvalue weighted by Gasteiger charge is 2.28. The first-order chi connectivity index (χ1) is 17.7. The Kier molecular flexibility index (Phi) is 5.54. The van der Waals surface area contributed by atoms with Gasteiger partial charge >= 0.3 is 0 Å². The van der Waals surface area contributed by atoms with Crippen molar-refractivity contribution in [3.8, 4) is 11.3 Å². The molecule has 5 aromatic rings. The average Bonchev–Trinajstić information content (AvgIpc) is 3.33. The van der Waals surface area contributed by atoms with Gasteiger partial charge in [-0.3, -0.25) is 14.5 Å². The number of hydrogen-bond acceptors (Lipinski definition) is 3. The highest BCUT2D eigenvalue weighted by atomic mass is 16.2. The van der Waals surface area contributed by atoms with Gasteiger partial charge in [0.25, 0.3) is 0 Å². The second-order valence-corrected chi connectivity index (χ2v) is 8.90. The molecule has 0 spiro atoms. The van der Waals surface area contributed by atoms with Crippen molar-refractivity contribution in [1.29, 1.82) is 0 Å². The lowest BCUT2D eigenvalue weighted by Gasteiger charge is -2.23. The summed E-state index contributed by atoms with van der Waals surface area (Å²) in [5.74, 6) is -0.575. The van der Waals surface area contributed by atoms with E-state index >= 15 is 0 Å². The summed E-state index contributed by atoms with van der Waals surface area (Å²) in [4.78, 5) is 35.1. The van der Waals surface area contributed by atoms with E-state index in [1.165, 1.54) is 5.56 Å². The molecule has 0 aliphatic carbocycles. The van der Waals surface area contributed by atoms with Crippen LogP contribution in [0.2, 0.25) is 0 Å². The molecule has 0 radical (unpaired) electrons. The van der Waals surface area contributed by atoms with E-state index in [0.717, 1.165) is 40.6 Å². The zero-order valence-corrected chi connectivity index (χ0v) is 19.6. The number of carbonyl (C=O) groups is 2. The lowest BCUT2D eigenvalue weighted by molar-refractivity contribution is -0.124. The number of imidazole rings is 1. The van der Waals surface area contributed by atoms with Crippen molar-refractivity contribution in [1.82, 2.24) is 9.97 Å². The lowest BCUT2D eigenvalue weighted by Crippen LogP contribution is -2.26. The Morgan fingerprint density at radius 2 is 1.58 bits per heavy atom. The predicted molar refractivity (Wildman–Crippen MR) is 142 cm³/mol. The Morgan fingerprint density at radius 3 is 2.42 bits per heavy atom. The highest BCUT2D eigenvalue weighted by molar-refractivity contribution is 6.21. The van der Waals surface area contributed by atoms with E-state index in [2.05, 4.69) is 39.6 Å². The number of nitrogens with zero attached hydrogens (tertiary/aromatic N) is 2. The van der Waals surface area contributed by atoms with Crippen LogP contribution in [0.25, 0.3) is 22.0 Å². The molecule has 6 rings (SSSR count). The number of aromatic nitrogens is 2. The molecule has 176 valence electrons. The van der Waals surface area contributed by atoms with Crippen molar-refractivity contribution in [2.24, 2.45) is 0 Å². The summed E-state index contributed by atoms with van der Waals surface area (Å²) in [6.07, 6.45) is 3.27. The van der Waals surface area contributed by atoms with Crippen molar-refractivity contribution in [3.63, 3.8) is 0 Å². The number of benzene rings is 4. The quantitative estimate of drug-likeness (QED) is 0.307. The minimum absolute atomic E-state index is 0.215. The number of amides is 2. The van der Waals surface area contributed by atoms with E-state index in [0.29, 0.717) is 17.1 Å². The molecule has 2 heterocycles. The SMILES string of the molecule is O=C1CC(=O)N(c2ccc(-c3nc[nH]c3CCc3ccccc3)cc2)c2ccc3ccccc3c2N1. The number of nitrogens with one attached hydrogen (secondary N) is 2. The van der Waals surface area contributed by atoms with Crippen molar-refractivity contribution in [2.75, 3.05) is 10.2 Å². The van der Waals surface area contributed by atoms with E-state index in [4.69, 9.17) is 0 Å². The number of aryl methyl sites for hydroxylation is 2. The van der Waals surface area contributed by atoms with Gasteiger partial charge in [-0.1, -0.05) is 72.8 Å². The highest BCUT2D eigenvalue weighted by Crippen LogP contribution is 2.40. The van der Waals surface area contributed by atoms with Crippen LogP contribution in [0, 0.1) is 0 Å². The van der Waals surface area contributed by atoms with Crippen molar-refractivity contribution in [2.45, 2.75) is 19.3 Å². The number of rotatable bonds is 5. The van der Waals surface area contributed by atoms with Crippen LogP contribution in [-0.2, 0) is 22.4 Å². The molecule has 1 aliphatic heterocycles. The molecule has 2 amide bonds. The predicted octanol–water partition coefficient (Wildman–Crippen LogP) is 6.02. The van der Waals surface area contributed by atoms with Gasteiger partial charge in [0.05, 0.1) is 23.4 Å². The van der Waals surface area contributed by atoms with Crippen molar-refractivity contribution >= 4 is 39.6 Å². The molecule has 6 nitrogen and oxygen atoms in total. The first kappa shape index (κ1) is 21.8. The molecule has 1 aromatic heterocycles. The van der Waals surface area contributed by atoms with Gasteiger partial charge in [-0.05, 0) is 42.0 Å². The molecule has 4 aromatic carbocycles. The fraction of sp³-hybridized carbons (Fsp3) is 0.100. The van der Waals surface area contributed by atoms with Crippen LogP contribution >= 0.6 is 0 Å². The van der Waals surface area contributed by atoms with Gasteiger partial charge in [0.15, 0.2) is 0 Å². The molecule has 2 N–H and O–H groups in total. The van der Waals surface area contributed by atoms with Gasteiger partial charge in [0, 0.05) is 22.3 Å². The van der Waals surface area contributed by atoms with Crippen LogP contribution in [0.15, 0.2) is 97.3 Å². The summed E-state index contributed by atoms with van der Waals surface area (Å²) in [6, 6.07) is 29.9. The number of aromatic amines is 1. The van der Waals surface area contributed by atoms with E-state index in [1.54, 1.807) is 11.2 Å². The Bertz CT molecular complexity index is 1570. The van der Waals surface area contributed by atoms with Gasteiger partial charge in [-0.25, -0.2) is 4.98 Å². The van der Waals surface area contributed by atoms with Crippen LogP contribution in [0.4, 0.5) is 17.1 Å². The fourth-order valence-corrected chi connectivity index (χ4v) is 4.84. The largest absolute Gasteiger partial charge is 0.348 e. The fourth-order valence-electron chi connectivity index (χ4n) is 4.84. The second-order valence-electron chi connectivity index (χ2n) is 8.90. The molecule has 6 heteroatoms. The van der Waals surface area contributed by atoms with Crippen molar-refractivity contribution < 1.29 is 9.59 Å². The third kappa shape index (κ3) is 4.03. The number of fused-ring (bicyclic) bond motifs is 3. The monoisotopic (exact) mass is 472 g/mol. The first-order valence-electron chi connectivity index (χ1n) is 12.0. The molecule has 0 atom stereocenters. The summed E-state index contributed by atoms with van der Waals surface area (Å²) in [7, 11) is 0. The van der Waals surface area contributed by atoms with Crippen molar-refractivity contribution in [3.05, 3.63) is 109 Å². The van der Waals surface area contributed by atoms with Crippen LogP contribution in [0.3, 0.4) is 0 Å². The lowest BCUT2D eigenvalue weighted by atomic mass is 10.0. The molecule has 1 aliphatic rings. The summed E-state index contributed by atoms with van der Waals surface area (Å²) in [5.41, 5.74) is 6.26. The molecule has 0 saturated heterocycles. The van der Waals surface area contributed by atoms with Gasteiger partial charge < -0.3 is 10.3 Å². The van der Waals surface area contributed by atoms with Crippen LogP contribution in [0.5, 0.6) is 0 Å². The Balaban J connectivity index is 1.33. The molecule has 0 bridgehead atoms. The van der Waals surface area contributed by atoms with E-state index in [-0.39, 0.29) is 18.2 Å².